The lowest BCUT2D eigenvalue weighted by atomic mass is 10.2. The highest BCUT2D eigenvalue weighted by atomic mass is 79.9. The number of nitro groups is 1. The minimum Gasteiger partial charge on any atom is -0.453 e. The number of esters is 1. The molecule has 0 unspecified atom stereocenters. The van der Waals surface area contributed by atoms with E-state index in [1.807, 2.05) is 0 Å². The van der Waals surface area contributed by atoms with Crippen molar-refractivity contribution in [2.24, 2.45) is 5.10 Å². The zero-order chi connectivity index (χ0) is 26.3. The number of carbonyl (C=O) groups excluding carboxylic acids is 1. The molecular formula is C25H14BrClN4O6. The van der Waals surface area contributed by atoms with Crippen molar-refractivity contribution in [2.45, 2.75) is 6.92 Å². The van der Waals surface area contributed by atoms with Gasteiger partial charge >= 0.3 is 11.7 Å². The highest BCUT2D eigenvalue weighted by Crippen LogP contribution is 2.34. The van der Waals surface area contributed by atoms with Crippen molar-refractivity contribution >= 4 is 67.3 Å². The molecule has 0 aliphatic heterocycles. The fourth-order valence-electron chi connectivity index (χ4n) is 3.72. The minimum atomic E-state index is -0.758. The van der Waals surface area contributed by atoms with Crippen molar-refractivity contribution in [3.05, 3.63) is 96.2 Å². The van der Waals surface area contributed by atoms with Crippen LogP contribution >= 0.6 is 27.5 Å². The van der Waals surface area contributed by atoms with Crippen molar-refractivity contribution < 1.29 is 18.9 Å². The Morgan fingerprint density at radius 2 is 2.00 bits per heavy atom. The summed E-state index contributed by atoms with van der Waals surface area (Å²) in [6.45, 7) is 1.12. The molecule has 0 atom stereocenters. The van der Waals surface area contributed by atoms with Crippen LogP contribution in [0.3, 0.4) is 0 Å². The standard InChI is InChI=1S/C25H14BrClN4O6/c1-13(32)36-23-15(8-16(26)11-20(23)31(34)35)12-28-30-24(29-19-5-3-2-4-18(19)25(30)33)22-10-14-9-17(27)6-7-21(14)37-22/h2-12H,1H3. The number of ether oxygens (including phenoxy) is 1. The maximum absolute atomic E-state index is 13.5. The summed E-state index contributed by atoms with van der Waals surface area (Å²) in [6.07, 6.45) is 1.18. The van der Waals surface area contributed by atoms with E-state index in [4.69, 9.17) is 20.8 Å². The molecule has 0 bridgehead atoms. The highest BCUT2D eigenvalue weighted by Gasteiger charge is 2.22. The lowest BCUT2D eigenvalue weighted by molar-refractivity contribution is -0.385. The Morgan fingerprint density at radius 3 is 2.76 bits per heavy atom. The van der Waals surface area contributed by atoms with Gasteiger partial charge in [0.15, 0.2) is 5.76 Å². The van der Waals surface area contributed by atoms with Crippen molar-refractivity contribution in [1.29, 1.82) is 0 Å². The van der Waals surface area contributed by atoms with E-state index in [1.165, 1.54) is 18.3 Å². The van der Waals surface area contributed by atoms with Gasteiger partial charge in [0.2, 0.25) is 11.6 Å². The Kier molecular flexibility index (Phi) is 6.32. The first-order valence-corrected chi connectivity index (χ1v) is 11.8. The lowest BCUT2D eigenvalue weighted by Gasteiger charge is -2.09. The number of carbonyl (C=O) groups is 1. The Labute approximate surface area is 221 Å². The van der Waals surface area contributed by atoms with Gasteiger partial charge in [-0.1, -0.05) is 39.7 Å². The van der Waals surface area contributed by atoms with Crippen LogP contribution in [0.1, 0.15) is 12.5 Å². The predicted octanol–water partition coefficient (Wildman–Crippen LogP) is 5.94. The van der Waals surface area contributed by atoms with Crippen LogP contribution in [-0.4, -0.2) is 26.8 Å². The van der Waals surface area contributed by atoms with Crippen LogP contribution in [0.2, 0.25) is 5.02 Å². The molecule has 0 saturated heterocycles. The van der Waals surface area contributed by atoms with Crippen LogP contribution in [0.5, 0.6) is 5.75 Å². The Hall–Kier alpha value is -4.35. The minimum absolute atomic E-state index is 0.0821. The van der Waals surface area contributed by atoms with Gasteiger partial charge in [0.1, 0.15) is 5.58 Å². The maximum Gasteiger partial charge on any atom is 0.313 e. The third-order valence-electron chi connectivity index (χ3n) is 5.27. The number of aromatic nitrogens is 2. The van der Waals surface area contributed by atoms with E-state index in [9.17, 15) is 19.7 Å². The van der Waals surface area contributed by atoms with Gasteiger partial charge in [0.05, 0.1) is 22.0 Å². The van der Waals surface area contributed by atoms with Crippen molar-refractivity contribution in [2.75, 3.05) is 0 Å². The zero-order valence-electron chi connectivity index (χ0n) is 18.8. The Morgan fingerprint density at radius 1 is 1.22 bits per heavy atom. The molecule has 0 amide bonds. The third kappa shape index (κ3) is 4.74. The molecule has 5 aromatic rings. The van der Waals surface area contributed by atoms with E-state index < -0.39 is 22.1 Å². The molecule has 0 spiro atoms. The molecule has 184 valence electrons. The van der Waals surface area contributed by atoms with Gasteiger partial charge in [-0.25, -0.2) is 4.98 Å². The fourth-order valence-corrected chi connectivity index (χ4v) is 4.36. The molecule has 10 nitrogen and oxygen atoms in total. The zero-order valence-corrected chi connectivity index (χ0v) is 21.2. The fraction of sp³-hybridized carbons (Fsp3) is 0.0400. The second-order valence-corrected chi connectivity index (χ2v) is 9.15. The normalized spacial score (nSPS) is 11.4. The number of rotatable bonds is 5. The van der Waals surface area contributed by atoms with Crippen LogP contribution in [-0.2, 0) is 4.79 Å². The second kappa shape index (κ2) is 9.60. The SMILES string of the molecule is CC(=O)Oc1c(C=Nn2c(-c3cc4cc(Cl)ccc4o3)nc3ccccc3c2=O)cc(Br)cc1[N+](=O)[O-]. The monoisotopic (exact) mass is 580 g/mol. The summed E-state index contributed by atoms with van der Waals surface area (Å²) in [4.78, 5) is 40.6. The summed E-state index contributed by atoms with van der Waals surface area (Å²) in [5, 5.41) is 17.4. The molecule has 2 heterocycles. The number of fused-ring (bicyclic) bond motifs is 2. The van der Waals surface area contributed by atoms with Crippen LogP contribution in [0.15, 0.2) is 79.4 Å². The lowest BCUT2D eigenvalue weighted by Crippen LogP contribution is -2.20. The van der Waals surface area contributed by atoms with Gasteiger partial charge in [0, 0.05) is 33.4 Å². The number of hydrogen-bond acceptors (Lipinski definition) is 8. The van der Waals surface area contributed by atoms with Gasteiger partial charge in [0.25, 0.3) is 5.56 Å². The summed E-state index contributed by atoms with van der Waals surface area (Å²) in [6, 6.07) is 16.2. The first kappa shape index (κ1) is 24.3. The summed E-state index contributed by atoms with van der Waals surface area (Å²) in [5.41, 5.74) is 0.0696. The number of halogens is 2. The first-order chi connectivity index (χ1) is 17.7. The molecule has 5 rings (SSSR count). The maximum atomic E-state index is 13.5. The molecule has 0 saturated carbocycles. The van der Waals surface area contributed by atoms with Gasteiger partial charge in [-0.15, -0.1) is 0 Å². The molecule has 0 fully saturated rings. The number of benzene rings is 3. The molecule has 0 aliphatic rings. The van der Waals surface area contributed by atoms with Gasteiger partial charge in [-0.2, -0.15) is 9.78 Å². The smallest absolute Gasteiger partial charge is 0.313 e. The van der Waals surface area contributed by atoms with Crippen LogP contribution in [0.4, 0.5) is 5.69 Å². The van der Waals surface area contributed by atoms with Crippen LogP contribution in [0, 0.1) is 10.1 Å². The molecule has 37 heavy (non-hydrogen) atoms. The quantitative estimate of drug-likeness (QED) is 0.0825. The van der Waals surface area contributed by atoms with Crippen molar-refractivity contribution in [3.8, 4) is 17.3 Å². The molecule has 12 heteroatoms. The first-order valence-electron chi connectivity index (χ1n) is 10.6. The molecule has 2 aromatic heterocycles. The largest absolute Gasteiger partial charge is 0.453 e. The van der Waals surface area contributed by atoms with E-state index >= 15 is 0 Å². The Balaban J connectivity index is 1.75. The molecule has 0 radical (unpaired) electrons. The van der Waals surface area contributed by atoms with E-state index in [2.05, 4.69) is 26.0 Å². The number of nitrogens with zero attached hydrogens (tertiary/aromatic N) is 4. The number of para-hydroxylation sites is 1. The van der Waals surface area contributed by atoms with Crippen molar-refractivity contribution in [1.82, 2.24) is 9.66 Å². The third-order valence-corrected chi connectivity index (χ3v) is 5.96. The molecule has 0 N–H and O–H groups in total. The van der Waals surface area contributed by atoms with Crippen LogP contribution < -0.4 is 10.3 Å². The van der Waals surface area contributed by atoms with E-state index in [0.717, 1.165) is 11.6 Å². The molecule has 0 aliphatic carbocycles. The van der Waals surface area contributed by atoms with Gasteiger partial charge < -0.3 is 9.15 Å². The summed E-state index contributed by atoms with van der Waals surface area (Å²) in [7, 11) is 0. The van der Waals surface area contributed by atoms with Crippen molar-refractivity contribution in [3.63, 3.8) is 0 Å². The summed E-state index contributed by atoms with van der Waals surface area (Å²) >= 11 is 9.32. The molecular weight excluding hydrogens is 568 g/mol. The van der Waals surface area contributed by atoms with Gasteiger partial charge in [-0.3, -0.25) is 19.7 Å². The average Bonchev–Trinajstić information content (AvgIpc) is 3.27. The summed E-state index contributed by atoms with van der Waals surface area (Å²) in [5.74, 6) is -0.735. The Bertz CT molecular complexity index is 1830. The van der Waals surface area contributed by atoms with Crippen LogP contribution in [0.25, 0.3) is 33.5 Å². The topological polar surface area (TPSA) is 130 Å². The second-order valence-electron chi connectivity index (χ2n) is 7.80. The van der Waals surface area contributed by atoms with E-state index in [0.29, 0.717) is 31.4 Å². The van der Waals surface area contributed by atoms with E-state index in [-0.39, 0.29) is 22.9 Å². The highest BCUT2D eigenvalue weighted by molar-refractivity contribution is 9.10. The number of nitro benzene ring substituents is 1. The molecule has 3 aromatic carbocycles. The number of furan rings is 1. The predicted molar refractivity (Wildman–Crippen MR) is 141 cm³/mol. The van der Waals surface area contributed by atoms with Gasteiger partial charge in [-0.05, 0) is 42.5 Å². The summed E-state index contributed by atoms with van der Waals surface area (Å²) < 4.78 is 12.4. The number of hydrogen-bond donors (Lipinski definition) is 0. The van der Waals surface area contributed by atoms with E-state index in [1.54, 1.807) is 48.5 Å². The average molecular weight is 582 g/mol.